The van der Waals surface area contributed by atoms with Gasteiger partial charge in [-0.25, -0.2) is 9.36 Å². The number of nitrogens with zero attached hydrogens (tertiary/aromatic N) is 1. The van der Waals surface area contributed by atoms with Gasteiger partial charge in [0.2, 0.25) is 0 Å². The van der Waals surface area contributed by atoms with Crippen molar-refractivity contribution in [1.82, 2.24) is 0 Å². The zero-order chi connectivity index (χ0) is 16.9. The summed E-state index contributed by atoms with van der Waals surface area (Å²) in [6, 6.07) is 6.52. The molecule has 0 N–H and O–H groups in total. The Labute approximate surface area is 141 Å². The average molecular weight is 318 g/mol. The molecule has 0 saturated carbocycles. The average Bonchev–Trinajstić information content (AvgIpc) is 2.56. The van der Waals surface area contributed by atoms with Crippen LogP contribution in [-0.2, 0) is 9.53 Å². The second-order valence-corrected chi connectivity index (χ2v) is 6.24. The molecule has 0 radical (unpaired) electrons. The van der Waals surface area contributed by atoms with E-state index in [9.17, 15) is 4.79 Å². The summed E-state index contributed by atoms with van der Waals surface area (Å²) in [7, 11) is 0. The van der Waals surface area contributed by atoms with E-state index in [2.05, 4.69) is 30.5 Å². The lowest BCUT2D eigenvalue weighted by molar-refractivity contribution is -0.724. The molecule has 0 saturated heterocycles. The Bertz CT molecular complexity index is 456. The lowest BCUT2D eigenvalue weighted by Gasteiger charge is -2.13. The van der Waals surface area contributed by atoms with Gasteiger partial charge >= 0.3 is 5.97 Å². The van der Waals surface area contributed by atoms with Crippen molar-refractivity contribution in [3.05, 3.63) is 42.7 Å². The van der Waals surface area contributed by atoms with Crippen LogP contribution in [0.15, 0.2) is 42.7 Å². The molecule has 3 nitrogen and oxygen atoms in total. The van der Waals surface area contributed by atoms with Gasteiger partial charge in [-0.1, -0.05) is 51.7 Å². The maximum Gasteiger partial charge on any atom is 0.333 e. The fourth-order valence-corrected chi connectivity index (χ4v) is 2.67. The third-order valence-electron chi connectivity index (χ3n) is 4.08. The Morgan fingerprint density at radius 1 is 1.04 bits per heavy atom. The van der Waals surface area contributed by atoms with E-state index in [1.165, 1.54) is 38.5 Å². The van der Waals surface area contributed by atoms with Crippen molar-refractivity contribution in [2.24, 2.45) is 0 Å². The summed E-state index contributed by atoms with van der Waals surface area (Å²) in [5, 5.41) is 0. The third kappa shape index (κ3) is 8.53. The first kappa shape index (κ1) is 19.4. The van der Waals surface area contributed by atoms with Crippen LogP contribution in [0.1, 0.15) is 71.3 Å². The molecule has 1 aromatic rings. The molecule has 0 aliphatic carbocycles. The topological polar surface area (TPSA) is 30.2 Å². The Balaban J connectivity index is 2.41. The summed E-state index contributed by atoms with van der Waals surface area (Å²) in [5.74, 6) is -0.290. The van der Waals surface area contributed by atoms with Crippen LogP contribution in [0.5, 0.6) is 0 Å². The molecule has 0 bridgehead atoms. The summed E-state index contributed by atoms with van der Waals surface area (Å²) < 4.78 is 7.50. The quantitative estimate of drug-likeness (QED) is 0.240. The number of aromatic nitrogens is 1. The van der Waals surface area contributed by atoms with E-state index in [0.717, 1.165) is 12.8 Å². The molecule has 1 aromatic heterocycles. The summed E-state index contributed by atoms with van der Waals surface area (Å²) in [4.78, 5) is 11.5. The van der Waals surface area contributed by atoms with Crippen molar-refractivity contribution in [3.8, 4) is 0 Å². The van der Waals surface area contributed by atoms with Gasteiger partial charge in [-0.15, -0.1) is 0 Å². The summed E-state index contributed by atoms with van der Waals surface area (Å²) in [5.41, 5.74) is 0.463. The molecule has 0 amide bonds. The molecule has 3 heteroatoms. The molecule has 0 fully saturated rings. The maximum atomic E-state index is 11.5. The summed E-state index contributed by atoms with van der Waals surface area (Å²) >= 11 is 0. The lowest BCUT2D eigenvalue weighted by Crippen LogP contribution is -2.39. The van der Waals surface area contributed by atoms with E-state index in [-0.39, 0.29) is 5.97 Å². The van der Waals surface area contributed by atoms with E-state index < -0.39 is 0 Å². The number of carbonyl (C=O) groups excluding carboxylic acids is 1. The summed E-state index contributed by atoms with van der Waals surface area (Å²) in [6.07, 6.45) is 14.0. The van der Waals surface area contributed by atoms with Crippen LogP contribution in [0.2, 0.25) is 0 Å². The minimum Gasteiger partial charge on any atom is -0.462 e. The first-order valence-corrected chi connectivity index (χ1v) is 8.93. The van der Waals surface area contributed by atoms with Crippen molar-refractivity contribution >= 4 is 5.97 Å². The molecule has 1 rings (SSSR count). The smallest absolute Gasteiger partial charge is 0.333 e. The first-order valence-electron chi connectivity index (χ1n) is 8.93. The molecular formula is C20H32NO2+. The molecule has 0 aromatic carbocycles. The van der Waals surface area contributed by atoms with E-state index in [4.69, 9.17) is 4.74 Å². The normalized spacial score (nSPS) is 11.9. The van der Waals surface area contributed by atoms with Crippen LogP contribution in [0.4, 0.5) is 0 Å². The number of pyridine rings is 1. The van der Waals surface area contributed by atoms with Gasteiger partial charge in [-0.3, -0.25) is 0 Å². The number of hydrogen-bond donors (Lipinski definition) is 0. The Hall–Kier alpha value is -1.64. The molecule has 0 spiro atoms. The largest absolute Gasteiger partial charge is 0.462 e. The van der Waals surface area contributed by atoms with Gasteiger partial charge in [0, 0.05) is 30.5 Å². The molecule has 1 unspecified atom stereocenters. The van der Waals surface area contributed by atoms with Gasteiger partial charge in [-0.2, -0.15) is 0 Å². The molecule has 1 heterocycles. The standard InChI is InChI=1S/C20H32NO2/c1-4-5-6-7-8-10-13-19(21-15-11-9-12-16-21)14-17-23-20(22)18(2)3/h9,11-12,15-16,19H,2,4-8,10,13-14,17H2,1,3H3/q+1. The fraction of sp³-hybridized carbons (Fsp3) is 0.600. The van der Waals surface area contributed by atoms with Crippen LogP contribution in [0.3, 0.4) is 0 Å². The monoisotopic (exact) mass is 318 g/mol. The first-order chi connectivity index (χ1) is 11.1. The maximum absolute atomic E-state index is 11.5. The van der Waals surface area contributed by atoms with Crippen LogP contribution in [-0.4, -0.2) is 12.6 Å². The lowest BCUT2D eigenvalue weighted by atomic mass is 10.0. The molecule has 23 heavy (non-hydrogen) atoms. The van der Waals surface area contributed by atoms with Crippen molar-refractivity contribution in [2.45, 2.75) is 71.3 Å². The molecule has 128 valence electrons. The summed E-state index contributed by atoms with van der Waals surface area (Å²) in [6.45, 7) is 8.00. The SMILES string of the molecule is C=C(C)C(=O)OCCC(CCCCCCCC)[n+]1ccccc1. The van der Waals surface area contributed by atoms with Crippen molar-refractivity contribution in [2.75, 3.05) is 6.61 Å². The second-order valence-electron chi connectivity index (χ2n) is 6.24. The highest BCUT2D eigenvalue weighted by molar-refractivity contribution is 5.86. The van der Waals surface area contributed by atoms with Crippen LogP contribution >= 0.6 is 0 Å². The van der Waals surface area contributed by atoms with E-state index >= 15 is 0 Å². The van der Waals surface area contributed by atoms with E-state index in [1.54, 1.807) is 6.92 Å². The predicted octanol–water partition coefficient (Wildman–Crippen LogP) is 4.78. The number of unbranched alkanes of at least 4 members (excludes halogenated alkanes) is 5. The minimum absolute atomic E-state index is 0.290. The van der Waals surface area contributed by atoms with E-state index in [0.29, 0.717) is 18.2 Å². The highest BCUT2D eigenvalue weighted by Crippen LogP contribution is 2.16. The zero-order valence-corrected chi connectivity index (χ0v) is 14.8. The van der Waals surface area contributed by atoms with Crippen LogP contribution in [0, 0.1) is 0 Å². The van der Waals surface area contributed by atoms with Gasteiger partial charge in [0.05, 0.1) is 6.61 Å². The van der Waals surface area contributed by atoms with Gasteiger partial charge in [0.1, 0.15) is 0 Å². The Morgan fingerprint density at radius 3 is 2.35 bits per heavy atom. The molecule has 1 atom stereocenters. The fourth-order valence-electron chi connectivity index (χ4n) is 2.67. The predicted molar refractivity (Wildman–Crippen MR) is 94.1 cm³/mol. The second kappa shape index (κ2) is 11.9. The Morgan fingerprint density at radius 2 is 1.70 bits per heavy atom. The number of hydrogen-bond acceptors (Lipinski definition) is 2. The zero-order valence-electron chi connectivity index (χ0n) is 14.8. The molecular weight excluding hydrogens is 286 g/mol. The number of carbonyl (C=O) groups is 1. The highest BCUT2D eigenvalue weighted by atomic mass is 16.5. The molecule has 0 aliphatic heterocycles. The van der Waals surface area contributed by atoms with Crippen molar-refractivity contribution < 1.29 is 14.1 Å². The Kier molecular flexibility index (Phi) is 10.0. The third-order valence-corrected chi connectivity index (χ3v) is 4.08. The minimum atomic E-state index is -0.290. The van der Waals surface area contributed by atoms with Gasteiger partial charge in [0.25, 0.3) is 0 Å². The number of rotatable bonds is 12. The van der Waals surface area contributed by atoms with E-state index in [1.807, 2.05) is 18.2 Å². The highest BCUT2D eigenvalue weighted by Gasteiger charge is 2.18. The van der Waals surface area contributed by atoms with Crippen molar-refractivity contribution in [3.63, 3.8) is 0 Å². The van der Waals surface area contributed by atoms with Gasteiger partial charge in [0.15, 0.2) is 18.4 Å². The van der Waals surface area contributed by atoms with Gasteiger partial charge < -0.3 is 4.74 Å². The number of ether oxygens (including phenoxy) is 1. The van der Waals surface area contributed by atoms with Gasteiger partial charge in [-0.05, 0) is 13.3 Å². The van der Waals surface area contributed by atoms with Crippen LogP contribution < -0.4 is 4.57 Å². The van der Waals surface area contributed by atoms with Crippen molar-refractivity contribution in [1.29, 1.82) is 0 Å². The molecule has 0 aliphatic rings. The number of esters is 1. The van der Waals surface area contributed by atoms with Crippen LogP contribution in [0.25, 0.3) is 0 Å².